The minimum absolute atomic E-state index is 0.00223. The number of alkyl carbamates (subject to hydrolysis) is 1. The summed E-state index contributed by atoms with van der Waals surface area (Å²) in [5.41, 5.74) is 4.78. The van der Waals surface area contributed by atoms with Gasteiger partial charge in [0.2, 0.25) is 5.91 Å². The third kappa shape index (κ3) is 7.82. The van der Waals surface area contributed by atoms with Gasteiger partial charge in [-0.1, -0.05) is 67.8 Å². The standard InChI is InChI=1S/C27H34N2O6/c30-24(26(32)33)15-17-28-25(31)14-4-2-1-3-9-16-29-27(34)35-18-23-21-12-7-5-10-19(21)20-11-6-8-13-22(20)23/h5-8,10-13,23-24,30H,1-4,9,14-18H2,(H,28,31)(H,29,34)(H,32,33). The summed E-state index contributed by atoms with van der Waals surface area (Å²) in [6.45, 7) is 0.994. The smallest absolute Gasteiger partial charge is 0.407 e. The fraction of sp³-hybridized carbons (Fsp3) is 0.444. The Balaban J connectivity index is 1.23. The Kier molecular flexibility index (Phi) is 10.1. The molecule has 1 unspecified atom stereocenters. The normalized spacial score (nSPS) is 12.9. The molecule has 2 aromatic rings. The van der Waals surface area contributed by atoms with Gasteiger partial charge in [0.05, 0.1) is 0 Å². The van der Waals surface area contributed by atoms with E-state index in [0.717, 1.165) is 32.1 Å². The van der Waals surface area contributed by atoms with Crippen LogP contribution in [-0.2, 0) is 14.3 Å². The van der Waals surface area contributed by atoms with Gasteiger partial charge < -0.3 is 25.6 Å². The van der Waals surface area contributed by atoms with Gasteiger partial charge in [0.1, 0.15) is 6.61 Å². The second kappa shape index (κ2) is 13.5. The van der Waals surface area contributed by atoms with Crippen molar-refractivity contribution < 1.29 is 29.3 Å². The molecule has 1 atom stereocenters. The van der Waals surface area contributed by atoms with Crippen LogP contribution in [0.5, 0.6) is 0 Å². The number of aliphatic carboxylic acids is 1. The Morgan fingerprint density at radius 1 is 0.829 bits per heavy atom. The highest BCUT2D eigenvalue weighted by molar-refractivity contribution is 5.79. The Hall–Kier alpha value is -3.39. The molecule has 2 aromatic carbocycles. The van der Waals surface area contributed by atoms with E-state index in [1.54, 1.807) is 0 Å². The average Bonchev–Trinajstić information content (AvgIpc) is 3.18. The highest BCUT2D eigenvalue weighted by Gasteiger charge is 2.28. The Labute approximate surface area is 205 Å². The van der Waals surface area contributed by atoms with Crippen LogP contribution in [0.2, 0.25) is 0 Å². The van der Waals surface area contributed by atoms with Crippen LogP contribution in [0.4, 0.5) is 4.79 Å². The molecule has 4 N–H and O–H groups in total. The maximum absolute atomic E-state index is 12.2. The van der Waals surface area contributed by atoms with Crippen molar-refractivity contribution in [1.29, 1.82) is 0 Å². The van der Waals surface area contributed by atoms with Gasteiger partial charge in [-0.05, 0) is 35.1 Å². The van der Waals surface area contributed by atoms with Crippen LogP contribution in [0.1, 0.15) is 62.0 Å². The average molecular weight is 483 g/mol. The van der Waals surface area contributed by atoms with Crippen LogP contribution in [0.25, 0.3) is 11.1 Å². The number of nitrogens with one attached hydrogen (secondary N) is 2. The van der Waals surface area contributed by atoms with Crippen LogP contribution in [0.3, 0.4) is 0 Å². The number of hydrogen-bond donors (Lipinski definition) is 4. The lowest BCUT2D eigenvalue weighted by Gasteiger charge is -2.14. The highest BCUT2D eigenvalue weighted by atomic mass is 16.5. The molecule has 0 aliphatic heterocycles. The van der Waals surface area contributed by atoms with Crippen molar-refractivity contribution in [3.8, 4) is 11.1 Å². The molecule has 1 aliphatic carbocycles. The molecule has 35 heavy (non-hydrogen) atoms. The van der Waals surface area contributed by atoms with Gasteiger partial charge in [-0.25, -0.2) is 9.59 Å². The lowest BCUT2D eigenvalue weighted by molar-refractivity contribution is -0.147. The van der Waals surface area contributed by atoms with E-state index in [1.165, 1.54) is 22.3 Å². The maximum atomic E-state index is 12.2. The molecule has 8 nitrogen and oxygen atoms in total. The molecule has 0 spiro atoms. The van der Waals surface area contributed by atoms with Crippen molar-refractivity contribution in [2.75, 3.05) is 19.7 Å². The minimum Gasteiger partial charge on any atom is -0.479 e. The first-order chi connectivity index (χ1) is 17.0. The highest BCUT2D eigenvalue weighted by Crippen LogP contribution is 2.44. The van der Waals surface area contributed by atoms with Crippen LogP contribution in [0.15, 0.2) is 48.5 Å². The molecule has 0 aromatic heterocycles. The van der Waals surface area contributed by atoms with Crippen LogP contribution in [-0.4, -0.2) is 54.0 Å². The van der Waals surface area contributed by atoms with E-state index in [2.05, 4.69) is 34.9 Å². The zero-order chi connectivity index (χ0) is 25.0. The number of carboxylic acid groups (broad SMARTS) is 1. The van der Waals surface area contributed by atoms with Gasteiger partial charge in [0.15, 0.2) is 6.10 Å². The van der Waals surface area contributed by atoms with Crippen LogP contribution < -0.4 is 10.6 Å². The van der Waals surface area contributed by atoms with Gasteiger partial charge in [-0.15, -0.1) is 0 Å². The van der Waals surface area contributed by atoms with Crippen molar-refractivity contribution in [1.82, 2.24) is 10.6 Å². The summed E-state index contributed by atoms with van der Waals surface area (Å²) in [5, 5.41) is 23.2. The number of benzene rings is 2. The van der Waals surface area contributed by atoms with Crippen LogP contribution >= 0.6 is 0 Å². The number of aliphatic hydroxyl groups excluding tert-OH is 1. The molecule has 0 bridgehead atoms. The first kappa shape index (κ1) is 26.2. The molecule has 3 rings (SSSR count). The van der Waals surface area contributed by atoms with Gasteiger partial charge in [0.25, 0.3) is 0 Å². The number of fused-ring (bicyclic) bond motifs is 3. The SMILES string of the molecule is O=C(CCCCCCCNC(=O)OCC1c2ccccc2-c2ccccc21)NCCC(O)C(=O)O. The summed E-state index contributed by atoms with van der Waals surface area (Å²) >= 11 is 0. The number of amides is 2. The van der Waals surface area contributed by atoms with Crippen molar-refractivity contribution in [2.24, 2.45) is 0 Å². The third-order valence-electron chi connectivity index (χ3n) is 6.22. The minimum atomic E-state index is -1.45. The number of carbonyl (C=O) groups excluding carboxylic acids is 2. The predicted molar refractivity (Wildman–Crippen MR) is 132 cm³/mol. The molecule has 188 valence electrons. The predicted octanol–water partition coefficient (Wildman–Crippen LogP) is 3.82. The Morgan fingerprint density at radius 3 is 2.09 bits per heavy atom. The summed E-state index contributed by atoms with van der Waals surface area (Å²) in [7, 11) is 0. The van der Waals surface area contributed by atoms with Gasteiger partial charge in [-0.3, -0.25) is 4.79 Å². The van der Waals surface area contributed by atoms with Crippen LogP contribution in [0, 0.1) is 0 Å². The number of carbonyl (C=O) groups is 3. The molecule has 0 saturated heterocycles. The fourth-order valence-electron chi connectivity index (χ4n) is 4.34. The quantitative estimate of drug-likeness (QED) is 0.304. The second-order valence-corrected chi connectivity index (χ2v) is 8.76. The lowest BCUT2D eigenvalue weighted by atomic mass is 9.98. The molecule has 0 fully saturated rings. The van der Waals surface area contributed by atoms with Crippen molar-refractivity contribution >= 4 is 18.0 Å². The first-order valence-electron chi connectivity index (χ1n) is 12.2. The number of carboxylic acids is 1. The summed E-state index contributed by atoms with van der Waals surface area (Å²) < 4.78 is 5.53. The maximum Gasteiger partial charge on any atom is 0.407 e. The van der Waals surface area contributed by atoms with Gasteiger partial charge >= 0.3 is 12.1 Å². The van der Waals surface area contributed by atoms with Crippen molar-refractivity contribution in [3.05, 3.63) is 59.7 Å². The second-order valence-electron chi connectivity index (χ2n) is 8.76. The Morgan fingerprint density at radius 2 is 1.43 bits per heavy atom. The van der Waals surface area contributed by atoms with E-state index in [1.807, 2.05) is 24.3 Å². The molecule has 0 heterocycles. The molecular weight excluding hydrogens is 448 g/mol. The van der Waals surface area contributed by atoms with Gasteiger partial charge in [0, 0.05) is 31.8 Å². The number of ether oxygens (including phenoxy) is 1. The summed E-state index contributed by atoms with van der Waals surface area (Å²) in [6, 6.07) is 16.5. The van der Waals surface area contributed by atoms with Gasteiger partial charge in [-0.2, -0.15) is 0 Å². The monoisotopic (exact) mass is 482 g/mol. The summed E-state index contributed by atoms with van der Waals surface area (Å²) in [6.07, 6.45) is 2.90. The molecule has 2 amide bonds. The molecule has 0 saturated carbocycles. The van der Waals surface area contributed by atoms with Crippen molar-refractivity contribution in [3.63, 3.8) is 0 Å². The van der Waals surface area contributed by atoms with E-state index in [4.69, 9.17) is 14.9 Å². The van der Waals surface area contributed by atoms with E-state index in [-0.39, 0.29) is 24.8 Å². The summed E-state index contributed by atoms with van der Waals surface area (Å²) in [4.78, 5) is 34.4. The fourth-order valence-corrected chi connectivity index (χ4v) is 4.34. The molecular formula is C27H34N2O6. The zero-order valence-electron chi connectivity index (χ0n) is 19.9. The third-order valence-corrected chi connectivity index (χ3v) is 6.22. The number of rotatable bonds is 14. The topological polar surface area (TPSA) is 125 Å². The van der Waals surface area contributed by atoms with E-state index in [9.17, 15) is 14.4 Å². The molecule has 0 radical (unpaired) electrons. The number of aliphatic hydroxyl groups is 1. The number of unbranched alkanes of at least 4 members (excludes halogenated alkanes) is 4. The Bertz CT molecular complexity index is 963. The van der Waals surface area contributed by atoms with Crippen molar-refractivity contribution in [2.45, 2.75) is 57.0 Å². The first-order valence-corrected chi connectivity index (χ1v) is 12.2. The zero-order valence-corrected chi connectivity index (χ0v) is 19.9. The molecule has 8 heteroatoms. The van der Waals surface area contributed by atoms with E-state index < -0.39 is 18.2 Å². The lowest BCUT2D eigenvalue weighted by Crippen LogP contribution is -2.29. The summed E-state index contributed by atoms with van der Waals surface area (Å²) in [5.74, 6) is -1.38. The number of hydrogen-bond acceptors (Lipinski definition) is 5. The van der Waals surface area contributed by atoms with E-state index >= 15 is 0 Å². The molecule has 1 aliphatic rings. The van der Waals surface area contributed by atoms with E-state index in [0.29, 0.717) is 19.6 Å². The largest absolute Gasteiger partial charge is 0.479 e.